The van der Waals surface area contributed by atoms with Gasteiger partial charge in [0.15, 0.2) is 0 Å². The normalized spacial score (nSPS) is 22.0. The lowest BCUT2D eigenvalue weighted by Gasteiger charge is -2.24. The monoisotopic (exact) mass is 303 g/mol. The van der Waals surface area contributed by atoms with E-state index < -0.39 is 25.0 Å². The number of alkyl halides is 2. The van der Waals surface area contributed by atoms with E-state index in [0.717, 1.165) is 5.56 Å². The number of rotatable bonds is 4. The molecule has 2 rings (SSSR count). The van der Waals surface area contributed by atoms with Crippen LogP contribution in [0.5, 0.6) is 0 Å². The molecule has 1 aliphatic rings. The summed E-state index contributed by atoms with van der Waals surface area (Å²) in [5, 5.41) is 14.9. The molecule has 0 unspecified atom stereocenters. The van der Waals surface area contributed by atoms with Crippen molar-refractivity contribution < 1.29 is 23.4 Å². The van der Waals surface area contributed by atoms with E-state index in [1.165, 1.54) is 4.68 Å². The lowest BCUT2D eigenvalue weighted by molar-refractivity contribution is -0.0462. The zero-order chi connectivity index (χ0) is 15.8. The molecule has 21 heavy (non-hydrogen) atoms. The summed E-state index contributed by atoms with van der Waals surface area (Å²) in [7, 11) is 1.59. The Bertz CT molecular complexity index is 545. The molecule has 8 heteroatoms. The third kappa shape index (κ3) is 3.21. The van der Waals surface area contributed by atoms with E-state index in [2.05, 4.69) is 10.4 Å². The minimum atomic E-state index is -3.34. The van der Waals surface area contributed by atoms with Crippen molar-refractivity contribution in [3.63, 3.8) is 0 Å². The van der Waals surface area contributed by atoms with Crippen molar-refractivity contribution in [1.29, 1.82) is 0 Å². The van der Waals surface area contributed by atoms with Gasteiger partial charge in [-0.1, -0.05) is 0 Å². The van der Waals surface area contributed by atoms with Crippen LogP contribution in [0.4, 0.5) is 8.78 Å². The maximum absolute atomic E-state index is 13.0. The highest BCUT2D eigenvalue weighted by atomic mass is 19.3. The van der Waals surface area contributed by atoms with Gasteiger partial charge in [-0.05, 0) is 13.8 Å². The van der Waals surface area contributed by atoms with Crippen LogP contribution in [-0.2, 0) is 18.2 Å². The number of aliphatic hydroxyl groups excluding tert-OH is 1. The average Bonchev–Trinajstić information content (AvgIpc) is 2.73. The van der Waals surface area contributed by atoms with E-state index in [-0.39, 0.29) is 17.9 Å². The molecular weight excluding hydrogens is 284 g/mol. The standard InChI is InChI=1S/C13H19F2N3O3/c1-7-4-9-10(8(2)21-7)17-18(3)11(9)12(20)16-5-13(14,15)6-19/h7-8,19H,4-6H2,1-3H3,(H,16,20)/t7-,8+/m1/s1. The first-order valence-electron chi connectivity index (χ1n) is 6.73. The van der Waals surface area contributed by atoms with Gasteiger partial charge in [-0.3, -0.25) is 9.48 Å². The molecule has 1 aliphatic heterocycles. The Hall–Kier alpha value is -1.54. The first-order chi connectivity index (χ1) is 9.75. The molecule has 0 aliphatic carbocycles. The van der Waals surface area contributed by atoms with Gasteiger partial charge >= 0.3 is 0 Å². The van der Waals surface area contributed by atoms with Gasteiger partial charge < -0.3 is 15.2 Å². The lowest BCUT2D eigenvalue weighted by atomic mass is 9.99. The summed E-state index contributed by atoms with van der Waals surface area (Å²) in [6, 6.07) is 0. The van der Waals surface area contributed by atoms with Crippen molar-refractivity contribution in [3.8, 4) is 0 Å². The van der Waals surface area contributed by atoms with Crippen LogP contribution < -0.4 is 5.32 Å². The van der Waals surface area contributed by atoms with Gasteiger partial charge in [-0.15, -0.1) is 0 Å². The number of hydrogen-bond donors (Lipinski definition) is 2. The number of carbonyl (C=O) groups excluding carboxylic acids is 1. The summed E-state index contributed by atoms with van der Waals surface area (Å²) in [5.41, 5.74) is 1.66. The Morgan fingerprint density at radius 1 is 1.57 bits per heavy atom. The average molecular weight is 303 g/mol. The van der Waals surface area contributed by atoms with Gasteiger partial charge in [0.25, 0.3) is 11.8 Å². The number of fused-ring (bicyclic) bond motifs is 1. The molecule has 0 saturated heterocycles. The van der Waals surface area contributed by atoms with Crippen molar-refractivity contribution in [2.45, 2.75) is 38.4 Å². The van der Waals surface area contributed by atoms with Gasteiger partial charge in [0.2, 0.25) is 0 Å². The molecule has 1 aromatic heterocycles. The highest BCUT2D eigenvalue weighted by Gasteiger charge is 2.33. The van der Waals surface area contributed by atoms with Crippen molar-refractivity contribution in [3.05, 3.63) is 17.0 Å². The smallest absolute Gasteiger partial charge is 0.287 e. The number of amides is 1. The van der Waals surface area contributed by atoms with Crippen molar-refractivity contribution in [2.75, 3.05) is 13.2 Å². The minimum absolute atomic E-state index is 0.0675. The number of aromatic nitrogens is 2. The largest absolute Gasteiger partial charge is 0.390 e. The summed E-state index contributed by atoms with van der Waals surface area (Å²) in [6.45, 7) is 1.50. The van der Waals surface area contributed by atoms with Crippen molar-refractivity contribution in [1.82, 2.24) is 15.1 Å². The molecule has 0 radical (unpaired) electrons. The summed E-state index contributed by atoms with van der Waals surface area (Å²) >= 11 is 0. The fourth-order valence-corrected chi connectivity index (χ4v) is 2.50. The van der Waals surface area contributed by atoms with Crippen LogP contribution in [0, 0.1) is 0 Å². The maximum atomic E-state index is 13.0. The molecule has 6 nitrogen and oxygen atoms in total. The molecule has 0 bridgehead atoms. The topological polar surface area (TPSA) is 76.4 Å². The predicted molar refractivity (Wildman–Crippen MR) is 70.2 cm³/mol. The number of carbonyl (C=O) groups is 1. The van der Waals surface area contributed by atoms with Crippen LogP contribution in [0.25, 0.3) is 0 Å². The summed E-state index contributed by atoms with van der Waals surface area (Å²) in [4.78, 5) is 12.1. The number of ether oxygens (including phenoxy) is 1. The maximum Gasteiger partial charge on any atom is 0.287 e. The van der Waals surface area contributed by atoms with Crippen LogP contribution in [0.15, 0.2) is 0 Å². The van der Waals surface area contributed by atoms with Gasteiger partial charge in [-0.25, -0.2) is 8.78 Å². The fourth-order valence-electron chi connectivity index (χ4n) is 2.50. The Morgan fingerprint density at radius 2 is 2.24 bits per heavy atom. The summed E-state index contributed by atoms with van der Waals surface area (Å²) in [6.07, 6.45) is 0.199. The molecular formula is C13H19F2N3O3. The molecule has 2 N–H and O–H groups in total. The molecule has 1 amide bonds. The Morgan fingerprint density at radius 3 is 2.86 bits per heavy atom. The number of nitrogens with one attached hydrogen (secondary N) is 1. The fraction of sp³-hybridized carbons (Fsp3) is 0.692. The number of aryl methyl sites for hydroxylation is 1. The van der Waals surface area contributed by atoms with E-state index in [1.54, 1.807) is 7.05 Å². The highest BCUT2D eigenvalue weighted by Crippen LogP contribution is 2.31. The van der Waals surface area contributed by atoms with Crippen LogP contribution >= 0.6 is 0 Å². The second-order valence-electron chi connectivity index (χ2n) is 5.33. The molecule has 2 heterocycles. The molecule has 0 aromatic carbocycles. The highest BCUT2D eigenvalue weighted by molar-refractivity contribution is 5.94. The number of hydrogen-bond acceptors (Lipinski definition) is 4. The van der Waals surface area contributed by atoms with Crippen LogP contribution in [0.3, 0.4) is 0 Å². The summed E-state index contributed by atoms with van der Waals surface area (Å²) < 4.78 is 33.0. The number of halogens is 2. The van der Waals surface area contributed by atoms with Gasteiger partial charge in [0, 0.05) is 19.0 Å². The molecule has 118 valence electrons. The lowest BCUT2D eigenvalue weighted by Crippen LogP contribution is -2.40. The molecule has 0 fully saturated rings. The minimum Gasteiger partial charge on any atom is -0.390 e. The quantitative estimate of drug-likeness (QED) is 0.862. The second kappa shape index (κ2) is 5.69. The van der Waals surface area contributed by atoms with Gasteiger partial charge in [0.05, 0.1) is 24.4 Å². The van der Waals surface area contributed by atoms with E-state index in [4.69, 9.17) is 9.84 Å². The third-order valence-corrected chi connectivity index (χ3v) is 3.44. The van der Waals surface area contributed by atoms with E-state index in [1.807, 2.05) is 13.8 Å². The van der Waals surface area contributed by atoms with E-state index >= 15 is 0 Å². The molecule has 0 spiro atoms. The van der Waals surface area contributed by atoms with Crippen molar-refractivity contribution >= 4 is 5.91 Å². The first kappa shape index (κ1) is 15.8. The van der Waals surface area contributed by atoms with Gasteiger partial charge in [-0.2, -0.15) is 5.10 Å². The van der Waals surface area contributed by atoms with Gasteiger partial charge in [0.1, 0.15) is 12.3 Å². The molecule has 0 saturated carbocycles. The SMILES string of the molecule is C[C@@H]1Cc2c(nn(C)c2C(=O)NCC(F)(F)CO)[C@H](C)O1. The van der Waals surface area contributed by atoms with Crippen molar-refractivity contribution in [2.24, 2.45) is 7.05 Å². The first-order valence-corrected chi connectivity index (χ1v) is 6.73. The summed E-state index contributed by atoms with van der Waals surface area (Å²) in [5.74, 6) is -3.96. The molecule has 2 atom stereocenters. The number of aliphatic hydroxyl groups is 1. The zero-order valence-electron chi connectivity index (χ0n) is 12.2. The molecule has 1 aromatic rings. The number of nitrogens with zero attached hydrogens (tertiary/aromatic N) is 2. The van der Waals surface area contributed by atoms with E-state index in [0.29, 0.717) is 12.1 Å². The Balaban J connectivity index is 2.22. The Kier molecular flexibility index (Phi) is 4.29. The zero-order valence-corrected chi connectivity index (χ0v) is 12.2. The van der Waals surface area contributed by atoms with Crippen LogP contribution in [0.2, 0.25) is 0 Å². The van der Waals surface area contributed by atoms with E-state index in [9.17, 15) is 13.6 Å². The van der Waals surface area contributed by atoms with Crippen LogP contribution in [-0.4, -0.2) is 46.0 Å². The third-order valence-electron chi connectivity index (χ3n) is 3.44. The Labute approximate surface area is 121 Å². The van der Waals surface area contributed by atoms with Crippen LogP contribution in [0.1, 0.15) is 41.7 Å². The predicted octanol–water partition coefficient (Wildman–Crippen LogP) is 0.800. The second-order valence-corrected chi connectivity index (χ2v) is 5.33.